The van der Waals surface area contributed by atoms with Crippen molar-refractivity contribution in [1.82, 2.24) is 17.5 Å². The summed E-state index contributed by atoms with van der Waals surface area (Å²) in [6, 6.07) is 62.5. The summed E-state index contributed by atoms with van der Waals surface area (Å²) in [6.45, 7) is 19.2. The maximum absolute atomic E-state index is 14.9. The number of carbonyl (C=O) groups is 2. The van der Waals surface area contributed by atoms with Gasteiger partial charge >= 0.3 is 0 Å². The number of aromatic nitrogens is 4. The molecule has 18 rings (SSSR count). The number of allylic oxidation sites excluding steroid dienone is 6. The molecule has 0 radical (unpaired) electrons. The van der Waals surface area contributed by atoms with Crippen molar-refractivity contribution in [3.8, 4) is 31.6 Å². The fourth-order valence-corrected chi connectivity index (χ4v) is 25.4. The van der Waals surface area contributed by atoms with E-state index < -0.39 is 10.8 Å². The van der Waals surface area contributed by atoms with Gasteiger partial charge in [-0.2, -0.15) is 22.8 Å². The van der Waals surface area contributed by atoms with Crippen molar-refractivity contribution in [3.63, 3.8) is 0 Å². The van der Waals surface area contributed by atoms with Crippen molar-refractivity contribution in [1.29, 1.82) is 10.5 Å². The number of fused-ring (bicyclic) bond motifs is 21. The van der Waals surface area contributed by atoms with Crippen LogP contribution in [-0.2, 0) is 36.5 Å². The fraction of sp³-hybridized carbons (Fsp3) is 0.276. The molecule has 0 bridgehead atoms. The van der Waals surface area contributed by atoms with Crippen molar-refractivity contribution < 1.29 is 9.59 Å². The quantitative estimate of drug-likeness (QED) is 0.0226. The van der Waals surface area contributed by atoms with Crippen LogP contribution >= 0.6 is 68.8 Å². The molecule has 9 nitrogen and oxygen atoms in total. The Morgan fingerprint density at radius 2 is 0.761 bits per heavy atom. The molecular formula is C98H83N7O2S6. The van der Waals surface area contributed by atoms with Crippen LogP contribution in [0.2, 0.25) is 0 Å². The molecule has 0 amide bonds. The monoisotopic (exact) mass is 1580 g/mol. The van der Waals surface area contributed by atoms with E-state index in [4.69, 9.17) is 24.1 Å². The summed E-state index contributed by atoms with van der Waals surface area (Å²) >= 11 is 9.45. The van der Waals surface area contributed by atoms with Crippen molar-refractivity contribution in [2.45, 2.75) is 174 Å². The normalized spacial score (nSPS) is 15.9. The maximum Gasteiger partial charge on any atom is 0.270 e. The highest BCUT2D eigenvalue weighted by Gasteiger charge is 2.54. The van der Waals surface area contributed by atoms with Crippen LogP contribution in [-0.4, -0.2) is 29.1 Å². The number of rotatable bonds is 26. The number of nitriles is 2. The van der Waals surface area contributed by atoms with Crippen LogP contribution in [0.5, 0.6) is 0 Å². The number of Topliss-reactive ketones (excluding diaryl/α,β-unsaturated/α-hetero) is 2. The molecule has 0 spiro atoms. The number of hydrogen-bond donors (Lipinski definition) is 0. The average molecular weight is 1580 g/mol. The number of unbranched alkanes of at least 4 members (excludes halogenated alkanes) is 12. The van der Waals surface area contributed by atoms with E-state index in [9.17, 15) is 20.1 Å². The van der Waals surface area contributed by atoms with Gasteiger partial charge in [-0.25, -0.2) is 10.1 Å². The van der Waals surface area contributed by atoms with Gasteiger partial charge in [-0.15, -0.1) is 45.3 Å². The third-order valence-electron chi connectivity index (χ3n) is 24.2. The zero-order valence-electron chi connectivity index (χ0n) is 64.2. The highest BCUT2D eigenvalue weighted by Crippen LogP contribution is 2.69. The Balaban J connectivity index is 0.957. The number of benzene rings is 8. The van der Waals surface area contributed by atoms with Crippen LogP contribution in [0.4, 0.5) is 0 Å². The molecule has 0 fully saturated rings. The molecule has 14 aromatic rings. The van der Waals surface area contributed by atoms with Crippen LogP contribution < -0.4 is 0 Å². The Bertz CT molecular complexity index is 6330. The van der Waals surface area contributed by atoms with Crippen molar-refractivity contribution in [2.24, 2.45) is 0 Å². The summed E-state index contributed by atoms with van der Waals surface area (Å²) in [5, 5.41) is 25.4. The summed E-state index contributed by atoms with van der Waals surface area (Å²) in [6.07, 6.45) is 26.5. The van der Waals surface area contributed by atoms with Gasteiger partial charge in [0.15, 0.2) is 11.6 Å². The number of carbonyl (C=O) groups excluding carboxylic acids is 2. The summed E-state index contributed by atoms with van der Waals surface area (Å²) in [4.78, 5) is 39.8. The Hall–Kier alpha value is -10.3. The molecule has 113 heavy (non-hydrogen) atoms. The molecule has 0 saturated carbocycles. The summed E-state index contributed by atoms with van der Waals surface area (Å²) in [5.41, 5.74) is 20.5. The lowest BCUT2D eigenvalue weighted by molar-refractivity contribution is 0.103. The van der Waals surface area contributed by atoms with Gasteiger partial charge in [-0.1, -0.05) is 250 Å². The van der Waals surface area contributed by atoms with Crippen LogP contribution in [0, 0.1) is 29.2 Å². The Morgan fingerprint density at radius 1 is 0.416 bits per heavy atom. The summed E-state index contributed by atoms with van der Waals surface area (Å²) in [5.74, 6) is -0.289. The number of thiophene rings is 4. The molecule has 0 unspecified atom stereocenters. The van der Waals surface area contributed by atoms with Crippen LogP contribution in [0.15, 0.2) is 180 Å². The first-order valence-corrected chi connectivity index (χ1v) is 45.0. The number of aryl methyl sites for hydroxylation is 4. The van der Waals surface area contributed by atoms with E-state index in [1.54, 1.807) is 51.4 Å². The second-order valence-electron chi connectivity index (χ2n) is 30.9. The third kappa shape index (κ3) is 12.1. The zero-order valence-corrected chi connectivity index (χ0v) is 69.1. The van der Waals surface area contributed by atoms with Crippen LogP contribution in [0.3, 0.4) is 0 Å². The van der Waals surface area contributed by atoms with E-state index in [0.717, 1.165) is 191 Å². The van der Waals surface area contributed by atoms with E-state index in [2.05, 4.69) is 160 Å². The molecule has 4 aliphatic rings. The summed E-state index contributed by atoms with van der Waals surface area (Å²) < 4.78 is 24.1. The van der Waals surface area contributed by atoms with Crippen LogP contribution in [0.1, 0.15) is 246 Å². The maximum atomic E-state index is 14.9. The minimum absolute atomic E-state index is 0.0823. The van der Waals surface area contributed by atoms with Gasteiger partial charge in [0.25, 0.3) is 5.70 Å². The molecule has 0 saturated heterocycles. The van der Waals surface area contributed by atoms with Crippen molar-refractivity contribution in [3.05, 3.63) is 290 Å². The minimum atomic E-state index is -0.975. The lowest BCUT2D eigenvalue weighted by Gasteiger charge is -2.34. The second kappa shape index (κ2) is 30.9. The van der Waals surface area contributed by atoms with Crippen LogP contribution in [0.25, 0.3) is 101 Å². The lowest BCUT2D eigenvalue weighted by atomic mass is 9.66. The molecule has 558 valence electrons. The van der Waals surface area contributed by atoms with E-state index in [0.29, 0.717) is 44.6 Å². The second-order valence-corrected chi connectivity index (χ2v) is 36.2. The molecule has 8 aromatic carbocycles. The van der Waals surface area contributed by atoms with Crippen molar-refractivity contribution >= 4 is 157 Å². The Labute approximate surface area is 684 Å². The predicted octanol–water partition coefficient (Wildman–Crippen LogP) is 27.6. The van der Waals surface area contributed by atoms with Gasteiger partial charge in [0, 0.05) is 70.3 Å². The SMILES string of the molecule is [C-]#[N+]/C(C#N)=C1/C(=C/c2cc3c(s2)-c2sc4c5nsnc5c5c6c7c(sc6c6nsnc6c5c4c2C3(c2ccc(CCCCCC)cc2)c2ccc(CCCCCC)cc2)-c2sc(/C=C3\C(=O)c4ccccc4\C3=C(/C)C#N)cc2C7(c2ccc(CCCCCC)cc2)c2ccc(CCCCCC)cc2)C(=O)c2ccccc21. The summed E-state index contributed by atoms with van der Waals surface area (Å²) in [7, 11) is 0. The standard InChI is InChI=1S/C98H83N7O2S6/c1-7-11-15-19-27-58-35-43-62(44-36-58)97(63-45-37-59(38-46-63)28-20-16-12-8-2)74-53-66(51-72-77(57(5)55-99)68-31-23-25-33-70(68)89(72)106)108-91(74)95-83(97)81-79-80(86-87(93(81)110-95)104-112-103-86)82-84-96(111-94(82)88-85(79)102-113-105-88)92-75(54-67(109-92)52-73-78(76(56-100)101-6)69-32-24-26-34-71(69)90(73)107)98(84,64-47-39-60(40-48-64)29-21-17-13-9-3)65-49-41-61(42-50-65)30-22-18-14-10-4/h23-26,31-54H,7-22,27-30H2,1-5H3/b72-51-,73-52-,77-57-,78-76+. The first-order valence-electron chi connectivity index (χ1n) is 40.3. The number of ketones is 2. The lowest BCUT2D eigenvalue weighted by Crippen LogP contribution is -2.28. The van der Waals surface area contributed by atoms with E-state index in [1.807, 2.05) is 55.5 Å². The molecule has 0 aliphatic heterocycles. The van der Waals surface area contributed by atoms with Gasteiger partial charge in [0.05, 0.1) is 81.9 Å². The average Bonchev–Trinajstić information content (AvgIpc) is 1.49. The molecule has 15 heteroatoms. The molecule has 6 heterocycles. The molecule has 4 aliphatic carbocycles. The fourth-order valence-electron chi connectivity index (χ4n) is 18.8. The van der Waals surface area contributed by atoms with Crippen molar-refractivity contribution in [2.75, 3.05) is 0 Å². The van der Waals surface area contributed by atoms with Gasteiger partial charge in [0.2, 0.25) is 0 Å². The first-order chi connectivity index (χ1) is 55.5. The van der Waals surface area contributed by atoms with E-state index in [-0.39, 0.29) is 17.3 Å². The van der Waals surface area contributed by atoms with Gasteiger partial charge < -0.3 is 0 Å². The predicted molar refractivity (Wildman–Crippen MR) is 473 cm³/mol. The Morgan fingerprint density at radius 3 is 1.11 bits per heavy atom. The third-order valence-corrected chi connectivity index (χ3v) is 30.2. The number of hydrogen-bond acceptors (Lipinski definition) is 14. The largest absolute Gasteiger partial charge is 0.289 e. The van der Waals surface area contributed by atoms with E-state index >= 15 is 0 Å². The highest BCUT2D eigenvalue weighted by atomic mass is 32.1. The molecular weight excluding hydrogens is 1500 g/mol. The minimum Gasteiger partial charge on any atom is -0.289 e. The highest BCUT2D eigenvalue weighted by molar-refractivity contribution is 7.29. The van der Waals surface area contributed by atoms with Gasteiger partial charge in [-0.05, 0) is 160 Å². The first kappa shape index (κ1) is 74.2. The van der Waals surface area contributed by atoms with E-state index in [1.165, 1.54) is 115 Å². The van der Waals surface area contributed by atoms with Gasteiger partial charge in [0.1, 0.15) is 22.1 Å². The molecule has 0 atom stereocenters. The number of nitrogens with zero attached hydrogens (tertiary/aromatic N) is 7. The van der Waals surface area contributed by atoms with Gasteiger partial charge in [-0.3, -0.25) is 9.59 Å². The zero-order chi connectivity index (χ0) is 77.2. The topological polar surface area (TPSA) is 138 Å². The molecule has 0 N–H and O–H groups in total. The molecule has 6 aromatic heterocycles. The smallest absolute Gasteiger partial charge is 0.270 e. The Kier molecular flexibility index (Phi) is 20.3.